The molecule has 0 fully saturated rings. The summed E-state index contributed by atoms with van der Waals surface area (Å²) in [6.07, 6.45) is 1.46. The molecule has 0 aromatic heterocycles. The summed E-state index contributed by atoms with van der Waals surface area (Å²) in [4.78, 5) is 13.2. The summed E-state index contributed by atoms with van der Waals surface area (Å²) >= 11 is 0. The molecule has 35 heavy (non-hydrogen) atoms. The van der Waals surface area contributed by atoms with E-state index in [4.69, 9.17) is 4.74 Å². The predicted octanol–water partition coefficient (Wildman–Crippen LogP) is 4.52. The average Bonchev–Trinajstić information content (AvgIpc) is 2.93. The van der Waals surface area contributed by atoms with Crippen LogP contribution in [0.2, 0.25) is 0 Å². The maximum Gasteiger partial charge on any atom is 0.281 e. The predicted molar refractivity (Wildman–Crippen MR) is 134 cm³/mol. The van der Waals surface area contributed by atoms with Crippen molar-refractivity contribution >= 4 is 12.1 Å². The van der Waals surface area contributed by atoms with E-state index in [0.717, 1.165) is 5.56 Å². The molecule has 6 heteroatoms. The number of carbonyl (C=O) groups excluding carboxylic acids is 1. The number of para-hydroxylation sites is 1. The van der Waals surface area contributed by atoms with Crippen LogP contribution in [0.5, 0.6) is 5.75 Å². The Labute approximate surface area is 203 Å². The van der Waals surface area contributed by atoms with E-state index < -0.39 is 11.5 Å². The number of hydrazone groups is 1. The van der Waals surface area contributed by atoms with E-state index in [-0.39, 0.29) is 6.61 Å². The smallest absolute Gasteiger partial charge is 0.281 e. The van der Waals surface area contributed by atoms with E-state index >= 15 is 0 Å². The highest BCUT2D eigenvalue weighted by atomic mass is 16.5. The van der Waals surface area contributed by atoms with Crippen molar-refractivity contribution in [2.45, 2.75) is 12.2 Å². The topological polar surface area (TPSA) is 94.7 Å². The third kappa shape index (κ3) is 5.27. The molecule has 0 heterocycles. The van der Waals surface area contributed by atoms with Gasteiger partial charge in [0.1, 0.15) is 12.4 Å². The van der Waals surface area contributed by atoms with Gasteiger partial charge in [-0.1, -0.05) is 91.0 Å². The lowest BCUT2D eigenvalue weighted by Gasteiger charge is -2.27. The Morgan fingerprint density at radius 3 is 2.11 bits per heavy atom. The molecule has 4 rings (SSSR count). The van der Waals surface area contributed by atoms with E-state index in [1.54, 1.807) is 72.8 Å². The van der Waals surface area contributed by atoms with Gasteiger partial charge in [0.15, 0.2) is 5.60 Å². The fourth-order valence-electron chi connectivity index (χ4n) is 3.66. The van der Waals surface area contributed by atoms with Gasteiger partial charge in [-0.15, -0.1) is 0 Å². The summed E-state index contributed by atoms with van der Waals surface area (Å²) in [6, 6.07) is 34.1. The number of ether oxygens (including phenoxy) is 1. The van der Waals surface area contributed by atoms with Crippen molar-refractivity contribution in [1.82, 2.24) is 5.43 Å². The van der Waals surface area contributed by atoms with Crippen molar-refractivity contribution in [3.8, 4) is 11.8 Å². The van der Waals surface area contributed by atoms with Crippen molar-refractivity contribution in [3.05, 3.63) is 137 Å². The highest BCUT2D eigenvalue weighted by Gasteiger charge is 2.39. The largest absolute Gasteiger partial charge is 0.488 e. The number of nitrogens with one attached hydrogen (secondary N) is 1. The first-order chi connectivity index (χ1) is 17.1. The van der Waals surface area contributed by atoms with E-state index in [1.165, 1.54) is 6.21 Å². The lowest BCUT2D eigenvalue weighted by Crippen LogP contribution is -2.43. The van der Waals surface area contributed by atoms with Crippen LogP contribution < -0.4 is 10.2 Å². The summed E-state index contributed by atoms with van der Waals surface area (Å²) in [7, 11) is 0. The van der Waals surface area contributed by atoms with Crippen molar-refractivity contribution in [2.24, 2.45) is 5.10 Å². The molecule has 6 nitrogen and oxygen atoms in total. The average molecular weight is 462 g/mol. The third-order valence-electron chi connectivity index (χ3n) is 5.52. The maximum absolute atomic E-state index is 13.2. The zero-order valence-corrected chi connectivity index (χ0v) is 18.8. The van der Waals surface area contributed by atoms with E-state index in [2.05, 4.69) is 16.6 Å². The Kier molecular flexibility index (Phi) is 7.31. The molecule has 0 unspecified atom stereocenters. The van der Waals surface area contributed by atoms with E-state index in [9.17, 15) is 15.2 Å². The molecular formula is C29H23N3O3. The monoisotopic (exact) mass is 461 g/mol. The lowest BCUT2D eigenvalue weighted by atomic mass is 9.85. The minimum atomic E-state index is -1.92. The molecule has 0 aliphatic carbocycles. The van der Waals surface area contributed by atoms with Crippen LogP contribution >= 0.6 is 0 Å². The van der Waals surface area contributed by atoms with Gasteiger partial charge in [0.25, 0.3) is 5.91 Å². The van der Waals surface area contributed by atoms with Crippen molar-refractivity contribution in [1.29, 1.82) is 5.26 Å². The van der Waals surface area contributed by atoms with Gasteiger partial charge in [0.2, 0.25) is 0 Å². The maximum atomic E-state index is 13.2. The fraction of sp³-hybridized carbons (Fsp3) is 0.0690. The Bertz CT molecular complexity index is 1320. The number of carbonyl (C=O) groups is 1. The van der Waals surface area contributed by atoms with E-state index in [1.807, 2.05) is 36.4 Å². The molecule has 0 spiro atoms. The number of amides is 1. The SMILES string of the molecule is N#Cc1ccccc1COc1ccccc1/C=N\NC(=O)C(O)(c1ccccc1)c1ccccc1. The molecule has 4 aromatic carbocycles. The van der Waals surface area contributed by atoms with Gasteiger partial charge in [-0.25, -0.2) is 5.43 Å². The van der Waals surface area contributed by atoms with Gasteiger partial charge < -0.3 is 9.84 Å². The summed E-state index contributed by atoms with van der Waals surface area (Å²) in [5, 5.41) is 24.9. The second-order valence-corrected chi connectivity index (χ2v) is 7.74. The number of nitrogens with zero attached hydrogens (tertiary/aromatic N) is 2. The highest BCUT2D eigenvalue weighted by molar-refractivity contribution is 5.91. The van der Waals surface area contributed by atoms with Crippen LogP contribution in [0.1, 0.15) is 27.8 Å². The molecule has 0 saturated heterocycles. The summed E-state index contributed by atoms with van der Waals surface area (Å²) in [5.41, 5.74) is 3.36. The van der Waals surface area contributed by atoms with Crippen LogP contribution in [0.15, 0.2) is 114 Å². The summed E-state index contributed by atoms with van der Waals surface area (Å²) in [6.45, 7) is 0.211. The minimum Gasteiger partial charge on any atom is -0.488 e. The standard InChI is InChI=1S/C29H23N3O3/c30-19-22-11-7-8-13-24(22)21-35-27-18-10-9-12-23(27)20-31-32-28(33)29(34,25-14-3-1-4-15-25)26-16-5-2-6-17-26/h1-18,20,34H,21H2,(H,32,33)/b31-20-. The van der Waals surface area contributed by atoms with Gasteiger partial charge in [-0.3, -0.25) is 4.79 Å². The molecule has 0 atom stereocenters. The summed E-state index contributed by atoms with van der Waals surface area (Å²) < 4.78 is 5.92. The lowest BCUT2D eigenvalue weighted by molar-refractivity contribution is -0.136. The molecule has 0 radical (unpaired) electrons. The molecule has 0 aliphatic heterocycles. The number of nitriles is 1. The second-order valence-electron chi connectivity index (χ2n) is 7.74. The van der Waals surface area contributed by atoms with Gasteiger partial charge in [-0.2, -0.15) is 10.4 Å². The molecule has 0 saturated carbocycles. The Morgan fingerprint density at radius 1 is 0.886 bits per heavy atom. The molecule has 4 aromatic rings. The van der Waals surface area contributed by atoms with Crippen LogP contribution in [-0.2, 0) is 17.0 Å². The quantitative estimate of drug-likeness (QED) is 0.298. The number of hydrogen-bond acceptors (Lipinski definition) is 5. The molecular weight excluding hydrogens is 438 g/mol. The minimum absolute atomic E-state index is 0.211. The normalized spacial score (nSPS) is 11.1. The first-order valence-corrected chi connectivity index (χ1v) is 11.0. The zero-order valence-electron chi connectivity index (χ0n) is 18.8. The Balaban J connectivity index is 1.53. The van der Waals surface area contributed by atoms with Gasteiger partial charge in [-0.05, 0) is 29.3 Å². The first-order valence-electron chi connectivity index (χ1n) is 11.0. The van der Waals surface area contributed by atoms with Crippen LogP contribution in [0.3, 0.4) is 0 Å². The first kappa shape index (κ1) is 23.4. The molecule has 0 aliphatic rings. The number of hydrogen-bond donors (Lipinski definition) is 2. The van der Waals surface area contributed by atoms with Crippen molar-refractivity contribution < 1.29 is 14.6 Å². The van der Waals surface area contributed by atoms with Crippen LogP contribution in [0.25, 0.3) is 0 Å². The van der Waals surface area contributed by atoms with E-state index in [0.29, 0.717) is 28.0 Å². The van der Waals surface area contributed by atoms with Crippen molar-refractivity contribution in [2.75, 3.05) is 0 Å². The zero-order chi connectivity index (χ0) is 24.5. The number of rotatable bonds is 8. The molecule has 172 valence electrons. The highest BCUT2D eigenvalue weighted by Crippen LogP contribution is 2.30. The van der Waals surface area contributed by atoms with Crippen LogP contribution in [0, 0.1) is 11.3 Å². The van der Waals surface area contributed by atoms with Gasteiger partial charge in [0.05, 0.1) is 17.8 Å². The Hall–Kier alpha value is -4.73. The number of aliphatic hydroxyl groups is 1. The van der Waals surface area contributed by atoms with Gasteiger partial charge in [0, 0.05) is 11.1 Å². The van der Waals surface area contributed by atoms with Crippen LogP contribution in [0.4, 0.5) is 0 Å². The fourth-order valence-corrected chi connectivity index (χ4v) is 3.66. The van der Waals surface area contributed by atoms with Crippen molar-refractivity contribution in [3.63, 3.8) is 0 Å². The third-order valence-corrected chi connectivity index (χ3v) is 5.52. The van der Waals surface area contributed by atoms with Gasteiger partial charge >= 0.3 is 0 Å². The molecule has 0 bridgehead atoms. The van der Waals surface area contributed by atoms with Crippen LogP contribution in [-0.4, -0.2) is 17.2 Å². The molecule has 2 N–H and O–H groups in total. The molecule has 1 amide bonds. The summed E-state index contributed by atoms with van der Waals surface area (Å²) in [5.74, 6) is -0.146. The second kappa shape index (κ2) is 10.9. The number of benzene rings is 4. The Morgan fingerprint density at radius 2 is 1.46 bits per heavy atom.